The maximum atomic E-state index is 13.4. The summed E-state index contributed by atoms with van der Waals surface area (Å²) in [6.45, 7) is 2.62. The van der Waals surface area contributed by atoms with Crippen molar-refractivity contribution in [2.75, 3.05) is 38.1 Å². The van der Waals surface area contributed by atoms with Crippen LogP contribution in [0.4, 0.5) is 11.4 Å². The van der Waals surface area contributed by atoms with Crippen molar-refractivity contribution in [3.8, 4) is 0 Å². The predicted octanol–water partition coefficient (Wildman–Crippen LogP) is 4.68. The van der Waals surface area contributed by atoms with Crippen molar-refractivity contribution in [2.45, 2.75) is 30.6 Å². The van der Waals surface area contributed by atoms with Gasteiger partial charge in [-0.3, -0.25) is 19.7 Å². The second kappa shape index (κ2) is 10.8. The van der Waals surface area contributed by atoms with E-state index >= 15 is 0 Å². The van der Waals surface area contributed by atoms with Gasteiger partial charge in [0.05, 0.1) is 9.83 Å². The van der Waals surface area contributed by atoms with Gasteiger partial charge in [-0.15, -0.1) is 11.8 Å². The third kappa shape index (κ3) is 5.48. The number of fused-ring (bicyclic) bond motifs is 1. The molecular formula is C27H29ClN4O4S. The van der Waals surface area contributed by atoms with E-state index in [-0.39, 0.29) is 34.7 Å². The summed E-state index contributed by atoms with van der Waals surface area (Å²) in [4.78, 5) is 43.7. The number of amides is 2. The summed E-state index contributed by atoms with van der Waals surface area (Å²) < 4.78 is 0. The first-order valence-electron chi connectivity index (χ1n) is 12.5. The Labute approximate surface area is 225 Å². The number of nitro benzene ring substituents is 1. The van der Waals surface area contributed by atoms with Gasteiger partial charge in [-0.2, -0.15) is 0 Å². The second-order valence-corrected chi connectivity index (χ2v) is 11.5. The number of nitrogens with zero attached hydrogens (tertiary/aromatic N) is 4. The highest BCUT2D eigenvalue weighted by Gasteiger charge is 2.43. The topological polar surface area (TPSA) is 87.0 Å². The summed E-state index contributed by atoms with van der Waals surface area (Å²) in [5.74, 6) is 0.0884. The first kappa shape index (κ1) is 25.6. The quantitative estimate of drug-likeness (QED) is 0.318. The van der Waals surface area contributed by atoms with Crippen molar-refractivity contribution in [1.29, 1.82) is 0 Å². The number of halogens is 1. The first-order chi connectivity index (χ1) is 17.8. The van der Waals surface area contributed by atoms with Gasteiger partial charge in [0.15, 0.2) is 0 Å². The summed E-state index contributed by atoms with van der Waals surface area (Å²) in [5.41, 5.74) is 1.91. The lowest BCUT2D eigenvalue weighted by molar-refractivity contribution is -0.384. The van der Waals surface area contributed by atoms with Crippen LogP contribution in [0.5, 0.6) is 0 Å². The number of piperazine rings is 1. The molecule has 10 heteroatoms. The number of hydrogen-bond acceptors (Lipinski definition) is 6. The largest absolute Gasteiger partial charge is 0.368 e. The van der Waals surface area contributed by atoms with Crippen LogP contribution < -0.4 is 4.90 Å². The van der Waals surface area contributed by atoms with E-state index in [1.165, 1.54) is 12.1 Å². The Kier molecular flexibility index (Phi) is 7.44. The van der Waals surface area contributed by atoms with Gasteiger partial charge in [-0.1, -0.05) is 23.7 Å². The average Bonchev–Trinajstić information content (AvgIpc) is 2.91. The molecule has 2 aromatic carbocycles. The van der Waals surface area contributed by atoms with Gasteiger partial charge >= 0.3 is 0 Å². The average molecular weight is 541 g/mol. The van der Waals surface area contributed by atoms with Crippen molar-refractivity contribution >= 4 is 52.6 Å². The number of anilines is 1. The van der Waals surface area contributed by atoms with E-state index in [1.54, 1.807) is 23.9 Å². The van der Waals surface area contributed by atoms with Crippen LogP contribution in [0.2, 0.25) is 5.02 Å². The number of rotatable bonds is 4. The standard InChI is InChI=1S/C27H29ClN4O4S/c1-29-23-17-19(5-10-24(23)37-25(27(29)34)16-18-3-2-4-20(28)15-18)26(33)31-13-11-30(12-14-31)21-6-8-22(9-7-21)32(35)36/h2-4,6-9,15-16,19,23-24H,5,10-14,17H2,1H3/b25-16-. The van der Waals surface area contributed by atoms with Gasteiger partial charge in [-0.25, -0.2) is 0 Å². The van der Waals surface area contributed by atoms with Crippen LogP contribution in [0.15, 0.2) is 53.4 Å². The Bertz CT molecular complexity index is 1230. The van der Waals surface area contributed by atoms with E-state index in [9.17, 15) is 19.7 Å². The van der Waals surface area contributed by atoms with Gasteiger partial charge in [0.2, 0.25) is 5.91 Å². The molecule has 2 aliphatic heterocycles. The first-order valence-corrected chi connectivity index (χ1v) is 13.7. The minimum absolute atomic E-state index is 0.00367. The molecule has 2 saturated heterocycles. The molecule has 37 heavy (non-hydrogen) atoms. The van der Waals surface area contributed by atoms with E-state index in [4.69, 9.17) is 11.6 Å². The Morgan fingerprint density at radius 1 is 1.11 bits per heavy atom. The Balaban J connectivity index is 1.18. The highest BCUT2D eigenvalue weighted by Crippen LogP contribution is 2.43. The van der Waals surface area contributed by atoms with Gasteiger partial charge in [0.25, 0.3) is 11.6 Å². The molecular weight excluding hydrogens is 512 g/mol. The third-order valence-electron chi connectivity index (χ3n) is 7.57. The Morgan fingerprint density at radius 3 is 2.51 bits per heavy atom. The van der Waals surface area contributed by atoms with Gasteiger partial charge in [0, 0.05) is 73.3 Å². The smallest absolute Gasteiger partial charge is 0.269 e. The SMILES string of the molecule is CN1C(=O)/C(=C/c2cccc(Cl)c2)SC2CCC(C(=O)N3CCN(c4ccc([N+](=O)[O-])cc4)CC3)CC21. The van der Waals surface area contributed by atoms with Crippen LogP contribution in [0.3, 0.4) is 0 Å². The van der Waals surface area contributed by atoms with Crippen LogP contribution in [0.25, 0.3) is 6.08 Å². The van der Waals surface area contributed by atoms with Crippen LogP contribution >= 0.6 is 23.4 Å². The van der Waals surface area contributed by atoms with Gasteiger partial charge in [-0.05, 0) is 55.2 Å². The van der Waals surface area contributed by atoms with Crippen molar-refractivity contribution in [2.24, 2.45) is 5.92 Å². The number of thioether (sulfide) groups is 1. The van der Waals surface area contributed by atoms with Crippen molar-refractivity contribution in [3.63, 3.8) is 0 Å². The van der Waals surface area contributed by atoms with Crippen LogP contribution in [-0.4, -0.2) is 71.1 Å². The van der Waals surface area contributed by atoms with Gasteiger partial charge < -0.3 is 14.7 Å². The summed E-state index contributed by atoms with van der Waals surface area (Å²) >= 11 is 7.74. The van der Waals surface area contributed by atoms with Crippen LogP contribution in [-0.2, 0) is 9.59 Å². The molecule has 1 saturated carbocycles. The lowest BCUT2D eigenvalue weighted by atomic mass is 9.83. The summed E-state index contributed by atoms with van der Waals surface area (Å²) in [7, 11) is 1.85. The van der Waals surface area contributed by atoms with Crippen molar-refractivity contribution in [3.05, 3.63) is 74.1 Å². The van der Waals surface area contributed by atoms with E-state index in [0.29, 0.717) is 37.6 Å². The van der Waals surface area contributed by atoms with Crippen molar-refractivity contribution < 1.29 is 14.5 Å². The molecule has 0 bridgehead atoms. The third-order valence-corrected chi connectivity index (χ3v) is 9.21. The number of carbonyl (C=O) groups is 2. The maximum absolute atomic E-state index is 13.4. The van der Waals surface area contributed by atoms with Crippen LogP contribution in [0, 0.1) is 16.0 Å². The zero-order valence-corrected chi connectivity index (χ0v) is 22.2. The summed E-state index contributed by atoms with van der Waals surface area (Å²) in [5, 5.41) is 11.8. The molecule has 3 unspecified atom stereocenters. The minimum Gasteiger partial charge on any atom is -0.368 e. The number of nitro groups is 1. The Morgan fingerprint density at radius 2 is 1.84 bits per heavy atom. The van der Waals surface area contributed by atoms with E-state index < -0.39 is 4.92 Å². The molecule has 0 radical (unpaired) electrons. The lowest BCUT2D eigenvalue weighted by Gasteiger charge is -2.45. The number of carbonyl (C=O) groups excluding carboxylic acids is 2. The number of non-ortho nitro benzene ring substituents is 1. The van der Waals surface area contributed by atoms with Crippen molar-refractivity contribution in [1.82, 2.24) is 9.80 Å². The van der Waals surface area contributed by atoms with E-state index in [0.717, 1.165) is 29.0 Å². The second-order valence-electron chi connectivity index (χ2n) is 9.80. The van der Waals surface area contributed by atoms with E-state index in [1.807, 2.05) is 47.2 Å². The molecule has 2 amide bonds. The zero-order chi connectivity index (χ0) is 26.1. The monoisotopic (exact) mass is 540 g/mol. The zero-order valence-electron chi connectivity index (χ0n) is 20.6. The fraction of sp³-hybridized carbons (Fsp3) is 0.407. The van der Waals surface area contributed by atoms with E-state index in [2.05, 4.69) is 4.90 Å². The molecule has 0 spiro atoms. The Hall–Kier alpha value is -3.04. The fourth-order valence-corrected chi connectivity index (χ4v) is 7.18. The molecule has 0 N–H and O–H groups in total. The van der Waals surface area contributed by atoms with Crippen LogP contribution in [0.1, 0.15) is 24.8 Å². The normalized spacial score (nSPS) is 25.2. The highest BCUT2D eigenvalue weighted by atomic mass is 35.5. The van der Waals surface area contributed by atoms with Gasteiger partial charge in [0.1, 0.15) is 0 Å². The minimum atomic E-state index is -0.401. The molecule has 3 fully saturated rings. The lowest BCUT2D eigenvalue weighted by Crippen LogP contribution is -2.55. The summed E-state index contributed by atoms with van der Waals surface area (Å²) in [6.07, 6.45) is 4.31. The molecule has 2 aromatic rings. The number of benzene rings is 2. The highest BCUT2D eigenvalue weighted by molar-refractivity contribution is 8.04. The molecule has 2 heterocycles. The maximum Gasteiger partial charge on any atom is 0.269 e. The molecule has 1 aliphatic carbocycles. The molecule has 3 aliphatic rings. The molecule has 3 atom stereocenters. The molecule has 8 nitrogen and oxygen atoms in total. The number of hydrogen-bond donors (Lipinski definition) is 0. The molecule has 194 valence electrons. The predicted molar refractivity (Wildman–Crippen MR) is 147 cm³/mol. The summed E-state index contributed by atoms with van der Waals surface area (Å²) in [6, 6.07) is 14.1. The number of likely N-dealkylation sites (N-methyl/N-ethyl adjacent to an activating group) is 1. The molecule has 0 aromatic heterocycles. The molecule has 5 rings (SSSR count). The fourth-order valence-electron chi connectivity index (χ4n) is 5.50.